The first-order valence-electron chi connectivity index (χ1n) is 8.00. The van der Waals surface area contributed by atoms with Crippen molar-refractivity contribution >= 4 is 5.97 Å². The number of hydrogen-bond acceptors (Lipinski definition) is 2. The predicted molar refractivity (Wildman–Crippen MR) is 78.0 cm³/mol. The molecule has 0 aromatic heterocycles. The number of carbonyl (C=O) groups excluding carboxylic acids is 1. The van der Waals surface area contributed by atoms with Crippen LogP contribution in [-0.4, -0.2) is 18.7 Å². The molecule has 0 aliphatic rings. The largest absolute Gasteiger partial charge is 0.466 e. The molecule has 0 bridgehead atoms. The average Bonchev–Trinajstić information content (AvgIpc) is 2.39. The van der Waals surface area contributed by atoms with Gasteiger partial charge in [0.1, 0.15) is 6.17 Å². The van der Waals surface area contributed by atoms with Gasteiger partial charge in [0.2, 0.25) is 0 Å². The molecule has 0 radical (unpaired) electrons. The Morgan fingerprint density at radius 3 is 2.26 bits per heavy atom. The Balaban J connectivity index is 3.32. The molecule has 3 heteroatoms. The maximum absolute atomic E-state index is 13.5. The highest BCUT2D eigenvalue weighted by Crippen LogP contribution is 2.12. The molecular weight excluding hydrogens is 243 g/mol. The second kappa shape index (κ2) is 13.8. The Labute approximate surface area is 118 Å². The summed E-state index contributed by atoms with van der Waals surface area (Å²) < 4.78 is 18.5. The summed E-state index contributed by atoms with van der Waals surface area (Å²) in [6, 6.07) is 0. The maximum atomic E-state index is 13.5. The third kappa shape index (κ3) is 13.6. The Kier molecular flexibility index (Phi) is 13.4. The van der Waals surface area contributed by atoms with Gasteiger partial charge in [-0.05, 0) is 12.8 Å². The molecule has 0 aliphatic heterocycles. The van der Waals surface area contributed by atoms with Gasteiger partial charge in [-0.2, -0.15) is 0 Å². The third-order valence-corrected chi connectivity index (χ3v) is 3.30. The fourth-order valence-corrected chi connectivity index (χ4v) is 2.01. The lowest BCUT2D eigenvalue weighted by molar-refractivity contribution is -0.144. The number of esters is 1. The summed E-state index contributed by atoms with van der Waals surface area (Å²) in [6.45, 7) is 4.51. The lowest BCUT2D eigenvalue weighted by atomic mass is 10.1. The van der Waals surface area contributed by atoms with Gasteiger partial charge in [-0.15, -0.1) is 0 Å². The van der Waals surface area contributed by atoms with Crippen molar-refractivity contribution in [2.75, 3.05) is 6.61 Å². The van der Waals surface area contributed by atoms with E-state index in [2.05, 4.69) is 13.8 Å². The summed E-state index contributed by atoms with van der Waals surface area (Å²) in [5.41, 5.74) is 0. The summed E-state index contributed by atoms with van der Waals surface area (Å²) in [6.07, 6.45) is 9.38. The number of ether oxygens (including phenoxy) is 1. The predicted octanol–water partition coefficient (Wildman–Crippen LogP) is 5.20. The van der Waals surface area contributed by atoms with Crippen LogP contribution >= 0.6 is 0 Å². The Bertz CT molecular complexity index is 207. The van der Waals surface area contributed by atoms with Crippen molar-refractivity contribution in [1.29, 1.82) is 0 Å². The van der Waals surface area contributed by atoms with Crippen LogP contribution in [0.5, 0.6) is 0 Å². The minimum Gasteiger partial charge on any atom is -0.466 e. The zero-order chi connectivity index (χ0) is 14.3. The minimum atomic E-state index is -0.815. The van der Waals surface area contributed by atoms with Gasteiger partial charge in [0.25, 0.3) is 0 Å². The molecule has 0 spiro atoms. The van der Waals surface area contributed by atoms with Crippen LogP contribution in [-0.2, 0) is 9.53 Å². The van der Waals surface area contributed by atoms with E-state index < -0.39 is 6.17 Å². The molecule has 0 saturated heterocycles. The molecule has 2 nitrogen and oxygen atoms in total. The standard InChI is InChI=1S/C16H31FO2/c1-3-5-7-8-10-11-15(17)13-14-19-16(18)12-9-6-4-2/h15H,3-14H2,1-2H3. The van der Waals surface area contributed by atoms with E-state index in [0.29, 0.717) is 19.3 Å². The van der Waals surface area contributed by atoms with Gasteiger partial charge in [0.15, 0.2) is 0 Å². The van der Waals surface area contributed by atoms with Crippen molar-refractivity contribution in [3.05, 3.63) is 0 Å². The van der Waals surface area contributed by atoms with Crippen LogP contribution in [0.2, 0.25) is 0 Å². The van der Waals surface area contributed by atoms with Crippen LogP contribution in [0.4, 0.5) is 4.39 Å². The van der Waals surface area contributed by atoms with Crippen molar-refractivity contribution in [3.8, 4) is 0 Å². The summed E-state index contributed by atoms with van der Waals surface area (Å²) in [5, 5.41) is 0. The lowest BCUT2D eigenvalue weighted by Gasteiger charge is -2.09. The molecule has 0 aromatic rings. The molecule has 1 atom stereocenters. The van der Waals surface area contributed by atoms with Gasteiger partial charge in [-0.25, -0.2) is 4.39 Å². The van der Waals surface area contributed by atoms with E-state index in [1.54, 1.807) is 0 Å². The second-order valence-electron chi connectivity index (χ2n) is 5.27. The molecular formula is C16H31FO2. The van der Waals surface area contributed by atoms with Crippen molar-refractivity contribution in [1.82, 2.24) is 0 Å². The molecule has 1 unspecified atom stereocenters. The number of unbranched alkanes of at least 4 members (excludes halogenated alkanes) is 6. The Morgan fingerprint density at radius 2 is 1.58 bits per heavy atom. The van der Waals surface area contributed by atoms with E-state index in [9.17, 15) is 9.18 Å². The van der Waals surface area contributed by atoms with Crippen LogP contribution < -0.4 is 0 Å². The Morgan fingerprint density at radius 1 is 0.947 bits per heavy atom. The summed E-state index contributed by atoms with van der Waals surface area (Å²) in [7, 11) is 0. The first-order valence-corrected chi connectivity index (χ1v) is 8.00. The molecule has 0 amide bonds. The minimum absolute atomic E-state index is 0.177. The van der Waals surface area contributed by atoms with Gasteiger partial charge in [-0.1, -0.05) is 58.8 Å². The zero-order valence-electron chi connectivity index (χ0n) is 12.8. The molecule has 0 N–H and O–H groups in total. The normalized spacial score (nSPS) is 12.4. The fourth-order valence-electron chi connectivity index (χ4n) is 2.01. The number of rotatable bonds is 13. The number of alkyl halides is 1. The van der Waals surface area contributed by atoms with Crippen LogP contribution in [0, 0.1) is 0 Å². The highest BCUT2D eigenvalue weighted by molar-refractivity contribution is 5.69. The fraction of sp³-hybridized carbons (Fsp3) is 0.938. The van der Waals surface area contributed by atoms with Gasteiger partial charge >= 0.3 is 5.97 Å². The highest BCUT2D eigenvalue weighted by Gasteiger charge is 2.08. The number of hydrogen-bond donors (Lipinski definition) is 0. The van der Waals surface area contributed by atoms with Crippen LogP contribution in [0.15, 0.2) is 0 Å². The average molecular weight is 274 g/mol. The lowest BCUT2D eigenvalue weighted by Crippen LogP contribution is -2.10. The topological polar surface area (TPSA) is 26.3 Å². The van der Waals surface area contributed by atoms with Gasteiger partial charge < -0.3 is 4.74 Å². The first kappa shape index (κ1) is 18.4. The van der Waals surface area contributed by atoms with Gasteiger partial charge in [-0.3, -0.25) is 4.79 Å². The van der Waals surface area contributed by atoms with E-state index in [0.717, 1.165) is 32.1 Å². The highest BCUT2D eigenvalue weighted by atomic mass is 19.1. The van der Waals surface area contributed by atoms with Crippen LogP contribution in [0.1, 0.15) is 84.5 Å². The molecule has 0 saturated carbocycles. The zero-order valence-corrected chi connectivity index (χ0v) is 12.8. The van der Waals surface area contributed by atoms with Crippen molar-refractivity contribution in [3.63, 3.8) is 0 Å². The molecule has 0 rings (SSSR count). The quantitative estimate of drug-likeness (QED) is 0.341. The summed E-state index contributed by atoms with van der Waals surface area (Å²) in [4.78, 5) is 11.3. The second-order valence-corrected chi connectivity index (χ2v) is 5.27. The van der Waals surface area contributed by atoms with E-state index >= 15 is 0 Å². The van der Waals surface area contributed by atoms with E-state index in [1.165, 1.54) is 19.3 Å². The number of carbonyl (C=O) groups is 1. The summed E-state index contributed by atoms with van der Waals surface area (Å²) in [5.74, 6) is -0.177. The summed E-state index contributed by atoms with van der Waals surface area (Å²) >= 11 is 0. The van der Waals surface area contributed by atoms with Gasteiger partial charge in [0, 0.05) is 12.8 Å². The molecule has 19 heavy (non-hydrogen) atoms. The van der Waals surface area contributed by atoms with Crippen molar-refractivity contribution in [2.24, 2.45) is 0 Å². The SMILES string of the molecule is CCCCCCCC(F)CCOC(=O)CCCCC. The molecule has 114 valence electrons. The smallest absolute Gasteiger partial charge is 0.305 e. The third-order valence-electron chi connectivity index (χ3n) is 3.30. The van der Waals surface area contributed by atoms with E-state index in [1.807, 2.05) is 0 Å². The van der Waals surface area contributed by atoms with Crippen molar-refractivity contribution in [2.45, 2.75) is 90.6 Å². The molecule has 0 fully saturated rings. The molecule has 0 heterocycles. The number of halogens is 1. The van der Waals surface area contributed by atoms with Crippen LogP contribution in [0.25, 0.3) is 0 Å². The monoisotopic (exact) mass is 274 g/mol. The van der Waals surface area contributed by atoms with Crippen LogP contribution in [0.3, 0.4) is 0 Å². The maximum Gasteiger partial charge on any atom is 0.305 e. The molecule has 0 aliphatic carbocycles. The van der Waals surface area contributed by atoms with E-state index in [4.69, 9.17) is 4.74 Å². The van der Waals surface area contributed by atoms with Gasteiger partial charge in [0.05, 0.1) is 6.61 Å². The first-order chi connectivity index (χ1) is 9.20. The Hall–Kier alpha value is -0.600. The molecule has 0 aromatic carbocycles. The van der Waals surface area contributed by atoms with Crippen molar-refractivity contribution < 1.29 is 13.9 Å². The van der Waals surface area contributed by atoms with E-state index in [-0.39, 0.29) is 12.6 Å².